The summed E-state index contributed by atoms with van der Waals surface area (Å²) in [5.74, 6) is -0.382. The third-order valence-electron chi connectivity index (χ3n) is 3.93. The maximum atomic E-state index is 12.7. The molecule has 0 aliphatic carbocycles. The van der Waals surface area contributed by atoms with Crippen molar-refractivity contribution in [3.8, 4) is 0 Å². The molecule has 2 amide bonds. The zero-order valence-corrected chi connectivity index (χ0v) is 15.6. The first-order chi connectivity index (χ1) is 12.5. The molecule has 26 heavy (non-hydrogen) atoms. The van der Waals surface area contributed by atoms with Crippen molar-refractivity contribution in [1.29, 1.82) is 0 Å². The molecule has 2 heterocycles. The van der Waals surface area contributed by atoms with E-state index in [1.807, 2.05) is 30.5 Å². The fourth-order valence-corrected chi connectivity index (χ4v) is 3.62. The van der Waals surface area contributed by atoms with Crippen LogP contribution in [0.3, 0.4) is 0 Å². The smallest absolute Gasteiger partial charge is 0.267 e. The molecule has 1 aromatic carbocycles. The summed E-state index contributed by atoms with van der Waals surface area (Å²) < 4.78 is 5.04. The molecular formula is C18H20N4O3S. The SMILES string of the molecule is COCCN(C(C)=O)c1nc(C)c(C(=O)Nc2ccc3cc[nH]c3c2)s1. The van der Waals surface area contributed by atoms with Crippen molar-refractivity contribution in [2.75, 3.05) is 30.5 Å². The van der Waals surface area contributed by atoms with Crippen LogP contribution in [0.2, 0.25) is 0 Å². The van der Waals surface area contributed by atoms with E-state index in [2.05, 4.69) is 15.3 Å². The van der Waals surface area contributed by atoms with Crippen LogP contribution in [-0.2, 0) is 9.53 Å². The molecule has 8 heteroatoms. The number of thiazole rings is 1. The number of nitrogens with zero attached hydrogens (tertiary/aromatic N) is 2. The summed E-state index contributed by atoms with van der Waals surface area (Å²) in [4.78, 5) is 34.0. The zero-order chi connectivity index (χ0) is 18.7. The summed E-state index contributed by atoms with van der Waals surface area (Å²) >= 11 is 1.20. The molecule has 2 aromatic heterocycles. The van der Waals surface area contributed by atoms with Gasteiger partial charge in [0.1, 0.15) is 4.88 Å². The standard InChI is InChI=1S/C18H20N4O3S/c1-11-16(26-18(20-11)22(12(2)23)8-9-25-3)17(24)21-14-5-4-13-6-7-19-15(13)10-14/h4-7,10,19H,8-9H2,1-3H3,(H,21,24). The first-order valence-corrected chi connectivity index (χ1v) is 8.94. The fraction of sp³-hybridized carbons (Fsp3) is 0.278. The Kier molecular flexibility index (Phi) is 5.34. The predicted molar refractivity (Wildman–Crippen MR) is 103 cm³/mol. The van der Waals surface area contributed by atoms with Crippen LogP contribution in [0.15, 0.2) is 30.5 Å². The summed E-state index contributed by atoms with van der Waals surface area (Å²) in [6.45, 7) is 4.02. The molecule has 0 atom stereocenters. The Labute approximate surface area is 155 Å². The van der Waals surface area contributed by atoms with Crippen LogP contribution in [0.4, 0.5) is 10.8 Å². The summed E-state index contributed by atoms with van der Waals surface area (Å²) in [7, 11) is 1.57. The first kappa shape index (κ1) is 18.1. The maximum absolute atomic E-state index is 12.7. The van der Waals surface area contributed by atoms with Gasteiger partial charge in [-0.15, -0.1) is 0 Å². The maximum Gasteiger partial charge on any atom is 0.267 e. The molecule has 3 rings (SSSR count). The van der Waals surface area contributed by atoms with Crippen LogP contribution in [0.1, 0.15) is 22.3 Å². The normalized spacial score (nSPS) is 10.9. The number of nitrogens with one attached hydrogen (secondary N) is 2. The molecule has 0 fully saturated rings. The van der Waals surface area contributed by atoms with E-state index in [1.165, 1.54) is 23.2 Å². The van der Waals surface area contributed by atoms with Gasteiger partial charge in [-0.2, -0.15) is 0 Å². The third-order valence-corrected chi connectivity index (χ3v) is 5.11. The van der Waals surface area contributed by atoms with Gasteiger partial charge in [-0.05, 0) is 30.5 Å². The minimum absolute atomic E-state index is 0.139. The number of carbonyl (C=O) groups is 2. The minimum Gasteiger partial charge on any atom is -0.383 e. The van der Waals surface area contributed by atoms with E-state index in [-0.39, 0.29) is 11.8 Å². The number of rotatable bonds is 6. The second-order valence-electron chi connectivity index (χ2n) is 5.81. The van der Waals surface area contributed by atoms with Gasteiger partial charge < -0.3 is 15.0 Å². The highest BCUT2D eigenvalue weighted by atomic mass is 32.1. The lowest BCUT2D eigenvalue weighted by Gasteiger charge is -2.16. The van der Waals surface area contributed by atoms with Crippen LogP contribution >= 0.6 is 11.3 Å². The summed E-state index contributed by atoms with van der Waals surface area (Å²) in [6.07, 6.45) is 1.85. The highest BCUT2D eigenvalue weighted by molar-refractivity contribution is 7.17. The van der Waals surface area contributed by atoms with Crippen LogP contribution in [0.5, 0.6) is 0 Å². The number of aryl methyl sites for hydroxylation is 1. The average Bonchev–Trinajstić information content (AvgIpc) is 3.21. The molecule has 3 aromatic rings. The van der Waals surface area contributed by atoms with Crippen molar-refractivity contribution in [3.63, 3.8) is 0 Å². The Morgan fingerprint density at radius 2 is 2.15 bits per heavy atom. The number of carbonyl (C=O) groups excluding carboxylic acids is 2. The largest absolute Gasteiger partial charge is 0.383 e. The van der Waals surface area contributed by atoms with Crippen molar-refractivity contribution < 1.29 is 14.3 Å². The number of ether oxygens (including phenoxy) is 1. The average molecular weight is 372 g/mol. The lowest BCUT2D eigenvalue weighted by atomic mass is 10.2. The van der Waals surface area contributed by atoms with E-state index in [0.717, 1.165) is 10.9 Å². The summed E-state index contributed by atoms with van der Waals surface area (Å²) in [5, 5.41) is 4.46. The quantitative estimate of drug-likeness (QED) is 0.696. The van der Waals surface area contributed by atoms with Gasteiger partial charge in [0.2, 0.25) is 5.91 Å². The van der Waals surface area contributed by atoms with E-state index in [4.69, 9.17) is 4.74 Å². The second-order valence-corrected chi connectivity index (χ2v) is 6.79. The van der Waals surface area contributed by atoms with E-state index in [1.54, 1.807) is 14.0 Å². The Balaban J connectivity index is 1.80. The van der Waals surface area contributed by atoms with Gasteiger partial charge in [0.25, 0.3) is 5.91 Å². The molecule has 0 aliphatic rings. The second kappa shape index (κ2) is 7.67. The zero-order valence-electron chi connectivity index (χ0n) is 14.8. The van der Waals surface area contributed by atoms with Crippen molar-refractivity contribution in [2.24, 2.45) is 0 Å². The van der Waals surface area contributed by atoms with Crippen LogP contribution < -0.4 is 10.2 Å². The van der Waals surface area contributed by atoms with Gasteiger partial charge in [-0.3, -0.25) is 14.5 Å². The number of amides is 2. The van der Waals surface area contributed by atoms with Gasteiger partial charge in [0.05, 0.1) is 18.8 Å². The molecule has 2 N–H and O–H groups in total. The number of benzene rings is 1. The molecule has 0 saturated heterocycles. The molecule has 0 radical (unpaired) electrons. The van der Waals surface area contributed by atoms with Gasteiger partial charge in [0.15, 0.2) is 5.13 Å². The minimum atomic E-state index is -0.243. The Morgan fingerprint density at radius 3 is 2.88 bits per heavy atom. The van der Waals surface area contributed by atoms with Crippen molar-refractivity contribution in [3.05, 3.63) is 41.0 Å². The van der Waals surface area contributed by atoms with E-state index < -0.39 is 0 Å². The van der Waals surface area contributed by atoms with Crippen molar-refractivity contribution in [2.45, 2.75) is 13.8 Å². The first-order valence-electron chi connectivity index (χ1n) is 8.12. The Hall–Kier alpha value is -2.71. The van der Waals surface area contributed by atoms with Gasteiger partial charge in [-0.1, -0.05) is 17.4 Å². The molecule has 0 saturated carbocycles. The Bertz CT molecular complexity index is 947. The number of H-pyrrole nitrogens is 1. The summed E-state index contributed by atoms with van der Waals surface area (Å²) in [6, 6.07) is 7.64. The predicted octanol–water partition coefficient (Wildman–Crippen LogP) is 3.18. The lowest BCUT2D eigenvalue weighted by molar-refractivity contribution is -0.116. The topological polar surface area (TPSA) is 87.3 Å². The molecule has 0 aliphatic heterocycles. The number of aromatic amines is 1. The molecule has 0 bridgehead atoms. The number of hydrogen-bond donors (Lipinski definition) is 2. The van der Waals surface area contributed by atoms with E-state index >= 15 is 0 Å². The molecular weight excluding hydrogens is 352 g/mol. The summed E-state index contributed by atoms with van der Waals surface area (Å²) in [5.41, 5.74) is 2.24. The van der Waals surface area contributed by atoms with Gasteiger partial charge in [-0.25, -0.2) is 4.98 Å². The number of anilines is 2. The number of aromatic nitrogens is 2. The van der Waals surface area contributed by atoms with Crippen LogP contribution in [0.25, 0.3) is 10.9 Å². The van der Waals surface area contributed by atoms with Crippen LogP contribution in [-0.4, -0.2) is 42.0 Å². The number of fused-ring (bicyclic) bond motifs is 1. The third kappa shape index (κ3) is 3.76. The van der Waals surface area contributed by atoms with Crippen molar-refractivity contribution >= 4 is 44.9 Å². The molecule has 0 unspecified atom stereocenters. The highest BCUT2D eigenvalue weighted by Crippen LogP contribution is 2.27. The highest BCUT2D eigenvalue weighted by Gasteiger charge is 2.21. The number of hydrogen-bond acceptors (Lipinski definition) is 5. The van der Waals surface area contributed by atoms with E-state index in [9.17, 15) is 9.59 Å². The van der Waals surface area contributed by atoms with Crippen molar-refractivity contribution in [1.82, 2.24) is 9.97 Å². The molecule has 0 spiro atoms. The van der Waals surface area contributed by atoms with Gasteiger partial charge in [0, 0.05) is 31.4 Å². The van der Waals surface area contributed by atoms with Gasteiger partial charge >= 0.3 is 0 Å². The molecule has 7 nitrogen and oxygen atoms in total. The lowest BCUT2D eigenvalue weighted by Crippen LogP contribution is -2.31. The fourth-order valence-electron chi connectivity index (χ4n) is 2.59. The monoisotopic (exact) mass is 372 g/mol. The molecule has 136 valence electrons. The number of methoxy groups -OCH3 is 1. The van der Waals surface area contributed by atoms with E-state index in [0.29, 0.717) is 34.5 Å². The van der Waals surface area contributed by atoms with Crippen LogP contribution in [0, 0.1) is 6.92 Å². The Morgan fingerprint density at radius 1 is 1.35 bits per heavy atom.